The number of aliphatic imine (C=N–C) groups is 1. The molecule has 0 unspecified atom stereocenters. The Balaban J connectivity index is 0.000000194. The van der Waals surface area contributed by atoms with Crippen LogP contribution in [0.3, 0.4) is 0 Å². The molecule has 12 nitrogen and oxygen atoms in total. The van der Waals surface area contributed by atoms with Gasteiger partial charge in [-0.2, -0.15) is 0 Å². The Labute approximate surface area is 315 Å². The number of phenols is 3. The number of isothiocyanates is 1. The molecule has 276 valence electrons. The number of fused-ring (bicyclic) bond motifs is 3. The second-order valence-electron chi connectivity index (χ2n) is 11.6. The fraction of sp³-hybridized carbons (Fsp3) is 0.171. The van der Waals surface area contributed by atoms with E-state index in [0.29, 0.717) is 17.8 Å². The van der Waals surface area contributed by atoms with Gasteiger partial charge in [0.2, 0.25) is 0 Å². The van der Waals surface area contributed by atoms with Crippen molar-refractivity contribution in [2.75, 3.05) is 7.05 Å². The molecule has 3 aliphatic rings. The molecule has 4 aromatic rings. The van der Waals surface area contributed by atoms with E-state index in [1.165, 1.54) is 12.1 Å². The zero-order valence-electron chi connectivity index (χ0n) is 29.8. The van der Waals surface area contributed by atoms with Gasteiger partial charge in [0.1, 0.15) is 28.6 Å². The summed E-state index contributed by atoms with van der Waals surface area (Å²) in [6.07, 6.45) is 2.19. The maximum absolute atomic E-state index is 12.3. The number of aromatic hydroxyl groups is 3. The number of thiocarbonyl (C=S) groups is 1. The number of non-ortho nitro benzene ring substituents is 1. The second kappa shape index (κ2) is 18.2. The molecule has 4 aromatic carbocycles. The zero-order chi connectivity index (χ0) is 39.5. The highest BCUT2D eigenvalue weighted by Crippen LogP contribution is 2.42. The average molecular weight is 749 g/mol. The Hall–Kier alpha value is -6.69. The van der Waals surface area contributed by atoms with Crippen LogP contribution in [0.1, 0.15) is 58.2 Å². The molecule has 3 N–H and O–H groups in total. The molecule has 0 bridgehead atoms. The van der Waals surface area contributed by atoms with Gasteiger partial charge in [-0.3, -0.25) is 14.9 Å². The lowest BCUT2D eigenvalue weighted by Crippen LogP contribution is -2.08. The maximum atomic E-state index is 12.3. The van der Waals surface area contributed by atoms with Crippen LogP contribution in [0.4, 0.5) is 5.69 Å². The summed E-state index contributed by atoms with van der Waals surface area (Å²) in [6.45, 7) is 5.95. The number of aryl methyl sites for hydroxylation is 3. The quantitative estimate of drug-likeness (QED) is 0.0291. The summed E-state index contributed by atoms with van der Waals surface area (Å²) in [4.78, 5) is 47.3. The van der Waals surface area contributed by atoms with Gasteiger partial charge in [0.15, 0.2) is 5.43 Å². The predicted molar refractivity (Wildman–Crippen MR) is 208 cm³/mol. The van der Waals surface area contributed by atoms with Crippen LogP contribution < -0.4 is 5.43 Å². The van der Waals surface area contributed by atoms with Crippen molar-refractivity contribution in [1.82, 2.24) is 0 Å². The summed E-state index contributed by atoms with van der Waals surface area (Å²) in [7, 11) is 1.59. The maximum Gasteiger partial charge on any atom is 0.347 e. The number of nitro benzene ring substituents is 1. The average Bonchev–Trinajstić information content (AvgIpc) is 3.46. The van der Waals surface area contributed by atoms with Crippen molar-refractivity contribution < 1.29 is 39.0 Å². The minimum atomic E-state index is -0.839. The van der Waals surface area contributed by atoms with Crippen LogP contribution in [-0.2, 0) is 24.0 Å². The number of rotatable bonds is 5. The van der Waals surface area contributed by atoms with Gasteiger partial charge in [0.25, 0.3) is 5.69 Å². The van der Waals surface area contributed by atoms with E-state index >= 15 is 0 Å². The van der Waals surface area contributed by atoms with Crippen LogP contribution in [0, 0.1) is 10.1 Å². The first-order valence-corrected chi connectivity index (χ1v) is 17.1. The number of esters is 2. The first-order chi connectivity index (χ1) is 25.9. The van der Waals surface area contributed by atoms with Gasteiger partial charge < -0.3 is 24.5 Å². The third kappa shape index (κ3) is 9.20. The Morgan fingerprint density at radius 2 is 1.37 bits per heavy atom. The van der Waals surface area contributed by atoms with Gasteiger partial charge >= 0.3 is 11.9 Å². The number of carbonyl (C=O) groups excluding carboxylic acids is 2. The number of hydrogen-bond donors (Lipinski definition) is 3. The first kappa shape index (κ1) is 40.1. The van der Waals surface area contributed by atoms with E-state index in [1.54, 1.807) is 31.3 Å². The molecule has 54 heavy (non-hydrogen) atoms. The van der Waals surface area contributed by atoms with Gasteiger partial charge in [-0.05, 0) is 72.4 Å². The SMILES string of the molecule is CCc1cc2c(-c3ccccc3)c3cc(CC)c(=O)cc-3oc2cc1O.CCc1ccc(O)cc1O.CN=C=S.O=C1OC(=O)c2cc([N+](=O)[O-])ccc21. The molecular formula is C41H36N2O10S. The number of nitrogens with zero attached hydrogens (tertiary/aromatic N) is 2. The van der Waals surface area contributed by atoms with E-state index in [1.807, 2.05) is 51.1 Å². The van der Waals surface area contributed by atoms with E-state index < -0.39 is 16.9 Å². The molecule has 7 rings (SSSR count). The van der Waals surface area contributed by atoms with Crippen LogP contribution in [0.15, 0.2) is 105 Å². The van der Waals surface area contributed by atoms with Crippen molar-refractivity contribution in [3.05, 3.63) is 139 Å². The van der Waals surface area contributed by atoms with Gasteiger partial charge in [0, 0.05) is 59.5 Å². The molecule has 13 heteroatoms. The van der Waals surface area contributed by atoms with E-state index in [2.05, 4.69) is 39.2 Å². The largest absolute Gasteiger partial charge is 0.508 e. The van der Waals surface area contributed by atoms with Crippen LogP contribution >= 0.6 is 12.2 Å². The number of nitro groups is 1. The van der Waals surface area contributed by atoms with Crippen molar-refractivity contribution in [2.24, 2.45) is 4.99 Å². The summed E-state index contributed by atoms with van der Waals surface area (Å²) in [5.74, 6) is -0.567. The molecule has 0 saturated heterocycles. The lowest BCUT2D eigenvalue weighted by molar-refractivity contribution is -0.384. The first-order valence-electron chi connectivity index (χ1n) is 16.7. The van der Waals surface area contributed by atoms with Gasteiger partial charge in [-0.1, -0.05) is 57.2 Å². The highest BCUT2D eigenvalue weighted by molar-refractivity contribution is 7.78. The molecule has 0 fully saturated rings. The fourth-order valence-corrected chi connectivity index (χ4v) is 5.56. The number of hydrogen-bond acceptors (Lipinski definition) is 12. The lowest BCUT2D eigenvalue weighted by atomic mass is 9.91. The third-order valence-corrected chi connectivity index (χ3v) is 8.49. The Morgan fingerprint density at radius 1 is 0.741 bits per heavy atom. The standard InChI is InChI=1S/C23H20O3.C8H3NO5.C8H10O2.C2H3NS/c1-3-14-10-17-21(12-19(14)24)26-22-13-20(25)15(4-2)11-18(22)23(17)16-8-6-5-7-9-16;10-7-5-2-1-4(9(12)13)3-6(5)8(11)14-7;1-2-6-3-4-7(9)5-8(6)10;1-3-2-4/h5-13,24H,3-4H2,1-2H3;1-3H;3-5,9-10H,2H2,1H3;1H3. The predicted octanol–water partition coefficient (Wildman–Crippen LogP) is 8.68. The molecule has 0 aromatic heterocycles. The molecule has 0 saturated carbocycles. The van der Waals surface area contributed by atoms with E-state index in [9.17, 15) is 29.6 Å². The van der Waals surface area contributed by atoms with Crippen LogP contribution in [0.5, 0.6) is 17.2 Å². The summed E-state index contributed by atoms with van der Waals surface area (Å²) in [6, 6.07) is 25.3. The number of cyclic esters (lactones) is 2. The minimum absolute atomic E-state index is 0.0171. The zero-order valence-corrected chi connectivity index (χ0v) is 30.6. The number of benzene rings is 5. The molecule has 0 spiro atoms. The molecule has 0 atom stereocenters. The van der Waals surface area contributed by atoms with Crippen molar-refractivity contribution >= 4 is 46.0 Å². The van der Waals surface area contributed by atoms with Gasteiger partial charge in [0.05, 0.1) is 21.2 Å². The summed E-state index contributed by atoms with van der Waals surface area (Å²) in [5.41, 5.74) is 5.87. The Kier molecular flexibility index (Phi) is 13.5. The smallest absolute Gasteiger partial charge is 0.347 e. The Morgan fingerprint density at radius 3 is 1.96 bits per heavy atom. The van der Waals surface area contributed by atoms with Crippen LogP contribution in [0.25, 0.3) is 33.4 Å². The summed E-state index contributed by atoms with van der Waals surface area (Å²) >= 11 is 4.14. The summed E-state index contributed by atoms with van der Waals surface area (Å²) in [5, 5.41) is 41.7. The molecule has 1 aliphatic carbocycles. The molecule has 0 radical (unpaired) electrons. The highest BCUT2D eigenvalue weighted by atomic mass is 32.1. The fourth-order valence-electron chi connectivity index (χ4n) is 5.56. The molecule has 2 aliphatic heterocycles. The number of carbonyl (C=O) groups is 2. The minimum Gasteiger partial charge on any atom is -0.508 e. The number of phenolic OH excluding ortho intramolecular Hbond substituents is 3. The normalized spacial score (nSPS) is 11.1. The van der Waals surface area contributed by atoms with Gasteiger partial charge in [-0.15, -0.1) is 0 Å². The Bertz CT molecular complexity index is 2420. The second-order valence-corrected chi connectivity index (χ2v) is 11.8. The van der Waals surface area contributed by atoms with Crippen LogP contribution in [-0.4, -0.2) is 44.4 Å². The van der Waals surface area contributed by atoms with Gasteiger partial charge in [-0.25, -0.2) is 14.6 Å². The van der Waals surface area contributed by atoms with Crippen molar-refractivity contribution in [1.29, 1.82) is 0 Å². The highest BCUT2D eigenvalue weighted by Gasteiger charge is 2.31. The van der Waals surface area contributed by atoms with Crippen LogP contribution in [0.2, 0.25) is 0 Å². The summed E-state index contributed by atoms with van der Waals surface area (Å²) < 4.78 is 10.3. The van der Waals surface area contributed by atoms with Crippen molar-refractivity contribution in [3.8, 4) is 39.7 Å². The van der Waals surface area contributed by atoms with Crippen molar-refractivity contribution in [3.63, 3.8) is 0 Å². The van der Waals surface area contributed by atoms with E-state index in [4.69, 9.17) is 14.6 Å². The van der Waals surface area contributed by atoms with Crippen molar-refractivity contribution in [2.45, 2.75) is 40.0 Å². The topological polar surface area (TPSA) is 190 Å². The number of ether oxygens (including phenoxy) is 1. The van der Waals surface area contributed by atoms with E-state index in [0.717, 1.165) is 63.7 Å². The monoisotopic (exact) mass is 748 g/mol. The lowest BCUT2D eigenvalue weighted by Gasteiger charge is -2.17. The molecule has 0 amide bonds. The van der Waals surface area contributed by atoms with E-state index in [-0.39, 0.29) is 39.5 Å². The molecular weight excluding hydrogens is 713 g/mol. The third-order valence-electron chi connectivity index (χ3n) is 8.31. The molecule has 2 heterocycles.